The van der Waals surface area contributed by atoms with Gasteiger partial charge in [0.15, 0.2) is 17.3 Å². The molecule has 2 aromatic heterocycles. The lowest BCUT2D eigenvalue weighted by molar-refractivity contribution is 0.0946. The smallest absolute Gasteiger partial charge is 0.251 e. The van der Waals surface area contributed by atoms with E-state index >= 15 is 0 Å². The average molecular weight is 369 g/mol. The highest BCUT2D eigenvalue weighted by Gasteiger charge is 2.10. The third-order valence-electron chi connectivity index (χ3n) is 3.70. The van der Waals surface area contributed by atoms with Crippen molar-refractivity contribution >= 4 is 5.91 Å². The molecule has 0 saturated carbocycles. The van der Waals surface area contributed by atoms with Gasteiger partial charge in [-0.3, -0.25) is 4.79 Å². The van der Waals surface area contributed by atoms with Crippen molar-refractivity contribution in [2.45, 2.75) is 0 Å². The molecular weight excluding hydrogens is 350 g/mol. The summed E-state index contributed by atoms with van der Waals surface area (Å²) < 4.78 is 21.1. The highest BCUT2D eigenvalue weighted by atomic mass is 16.5. The van der Waals surface area contributed by atoms with Crippen LogP contribution in [0.2, 0.25) is 0 Å². The minimum Gasteiger partial charge on any atom is -0.493 e. The molecule has 0 bridgehead atoms. The summed E-state index contributed by atoms with van der Waals surface area (Å²) in [6.07, 6.45) is 1.57. The highest BCUT2D eigenvalue weighted by molar-refractivity contribution is 5.94. The lowest BCUT2D eigenvalue weighted by Crippen LogP contribution is -2.28. The molecule has 3 rings (SSSR count). The van der Waals surface area contributed by atoms with Crippen LogP contribution in [0.15, 0.2) is 53.1 Å². The van der Waals surface area contributed by atoms with E-state index in [2.05, 4.69) is 15.5 Å². The van der Waals surface area contributed by atoms with Crippen LogP contribution >= 0.6 is 0 Å². The molecule has 3 aromatic rings. The molecule has 0 radical (unpaired) electrons. The molecule has 1 amide bonds. The Morgan fingerprint density at radius 3 is 2.59 bits per heavy atom. The van der Waals surface area contributed by atoms with Crippen LogP contribution in [0.1, 0.15) is 10.4 Å². The van der Waals surface area contributed by atoms with Crippen molar-refractivity contribution in [1.82, 2.24) is 15.5 Å². The fraction of sp³-hybridized carbons (Fsp3) is 0.211. The zero-order valence-electron chi connectivity index (χ0n) is 15.0. The van der Waals surface area contributed by atoms with Crippen molar-refractivity contribution < 1.29 is 23.4 Å². The van der Waals surface area contributed by atoms with E-state index in [0.717, 1.165) is 0 Å². The molecule has 0 aliphatic rings. The van der Waals surface area contributed by atoms with Gasteiger partial charge in [-0.05, 0) is 36.4 Å². The maximum Gasteiger partial charge on any atom is 0.251 e. The standard InChI is InChI=1S/C19H19N3O5/c1-24-16-7-5-13(12-17(16)25-2)19(23)20-9-11-27-18-8-6-14(21-22-18)15-4-3-10-26-15/h3-8,10,12H,9,11H2,1-2H3,(H,20,23). The summed E-state index contributed by atoms with van der Waals surface area (Å²) >= 11 is 0. The van der Waals surface area contributed by atoms with Crippen LogP contribution < -0.4 is 19.5 Å². The van der Waals surface area contributed by atoms with Crippen molar-refractivity contribution in [3.8, 4) is 28.8 Å². The fourth-order valence-corrected chi connectivity index (χ4v) is 2.35. The van der Waals surface area contributed by atoms with Crippen LogP contribution in [0.25, 0.3) is 11.5 Å². The van der Waals surface area contributed by atoms with Crippen LogP contribution in [-0.2, 0) is 0 Å². The van der Waals surface area contributed by atoms with E-state index in [-0.39, 0.29) is 12.5 Å². The molecule has 1 aromatic carbocycles. The first-order valence-corrected chi connectivity index (χ1v) is 8.22. The Kier molecular flexibility index (Phi) is 5.88. The number of ether oxygens (including phenoxy) is 3. The SMILES string of the molecule is COc1ccc(C(=O)NCCOc2ccc(-c3ccco3)nn2)cc1OC. The second kappa shape index (κ2) is 8.70. The number of methoxy groups -OCH3 is 2. The molecular formula is C19H19N3O5. The lowest BCUT2D eigenvalue weighted by atomic mass is 10.2. The predicted octanol–water partition coefficient (Wildman–Crippen LogP) is 2.56. The molecule has 0 fully saturated rings. The van der Waals surface area contributed by atoms with Gasteiger partial charge in [0.1, 0.15) is 12.3 Å². The number of aromatic nitrogens is 2. The molecule has 140 valence electrons. The molecule has 8 heteroatoms. The van der Waals surface area contributed by atoms with Gasteiger partial charge in [0.25, 0.3) is 5.91 Å². The Labute approximate surface area is 156 Å². The molecule has 0 saturated heterocycles. The Hall–Kier alpha value is -3.55. The van der Waals surface area contributed by atoms with E-state index in [4.69, 9.17) is 18.6 Å². The van der Waals surface area contributed by atoms with Crippen LogP contribution in [0, 0.1) is 0 Å². The zero-order valence-corrected chi connectivity index (χ0v) is 15.0. The van der Waals surface area contributed by atoms with Crippen molar-refractivity contribution in [3.63, 3.8) is 0 Å². The van der Waals surface area contributed by atoms with E-state index in [0.29, 0.717) is 40.9 Å². The topological polar surface area (TPSA) is 95.7 Å². The van der Waals surface area contributed by atoms with Crippen LogP contribution in [0.4, 0.5) is 0 Å². The van der Waals surface area contributed by atoms with Gasteiger partial charge >= 0.3 is 0 Å². The molecule has 27 heavy (non-hydrogen) atoms. The number of carbonyl (C=O) groups is 1. The quantitative estimate of drug-likeness (QED) is 0.610. The molecule has 8 nitrogen and oxygen atoms in total. The first-order chi connectivity index (χ1) is 13.2. The van der Waals surface area contributed by atoms with Gasteiger partial charge in [-0.15, -0.1) is 10.2 Å². The number of hydrogen-bond donors (Lipinski definition) is 1. The summed E-state index contributed by atoms with van der Waals surface area (Å²) in [5, 5.41) is 10.8. The van der Waals surface area contributed by atoms with Crippen LogP contribution in [0.5, 0.6) is 17.4 Å². The lowest BCUT2D eigenvalue weighted by Gasteiger charge is -2.10. The number of rotatable bonds is 8. The Balaban J connectivity index is 1.48. The average Bonchev–Trinajstić information content (AvgIpc) is 3.25. The summed E-state index contributed by atoms with van der Waals surface area (Å²) in [6, 6.07) is 12.0. The summed E-state index contributed by atoms with van der Waals surface area (Å²) in [5.74, 6) is 1.82. The second-order valence-electron chi connectivity index (χ2n) is 5.41. The molecule has 1 N–H and O–H groups in total. The molecule has 0 aliphatic heterocycles. The third kappa shape index (κ3) is 4.55. The molecule has 0 spiro atoms. The normalized spacial score (nSPS) is 10.3. The van der Waals surface area contributed by atoms with E-state index < -0.39 is 0 Å². The molecule has 0 atom stereocenters. The Morgan fingerprint density at radius 1 is 1.07 bits per heavy atom. The highest BCUT2D eigenvalue weighted by Crippen LogP contribution is 2.27. The number of nitrogens with one attached hydrogen (secondary N) is 1. The fourth-order valence-electron chi connectivity index (χ4n) is 2.35. The van der Waals surface area contributed by atoms with Gasteiger partial charge < -0.3 is 23.9 Å². The summed E-state index contributed by atoms with van der Waals surface area (Å²) in [4.78, 5) is 12.2. The minimum atomic E-state index is -0.237. The van der Waals surface area contributed by atoms with Gasteiger partial charge in [-0.2, -0.15) is 0 Å². The Bertz CT molecular complexity index is 879. The Morgan fingerprint density at radius 2 is 1.93 bits per heavy atom. The monoisotopic (exact) mass is 369 g/mol. The van der Waals surface area contributed by atoms with Gasteiger partial charge in [0, 0.05) is 11.6 Å². The zero-order chi connectivity index (χ0) is 19.1. The van der Waals surface area contributed by atoms with Gasteiger partial charge in [-0.25, -0.2) is 0 Å². The number of hydrogen-bond acceptors (Lipinski definition) is 7. The van der Waals surface area contributed by atoms with Gasteiger partial charge in [-0.1, -0.05) is 0 Å². The van der Waals surface area contributed by atoms with Crippen LogP contribution in [-0.4, -0.2) is 43.5 Å². The molecule has 0 aliphatic carbocycles. The summed E-state index contributed by atoms with van der Waals surface area (Å²) in [6.45, 7) is 0.572. The van der Waals surface area contributed by atoms with Gasteiger partial charge in [0.2, 0.25) is 5.88 Å². The minimum absolute atomic E-state index is 0.237. The van der Waals surface area contributed by atoms with E-state index in [1.165, 1.54) is 7.11 Å². The summed E-state index contributed by atoms with van der Waals surface area (Å²) in [7, 11) is 3.06. The number of amides is 1. The first-order valence-electron chi connectivity index (χ1n) is 8.22. The van der Waals surface area contributed by atoms with Crippen molar-refractivity contribution in [2.75, 3.05) is 27.4 Å². The number of furan rings is 1. The number of benzene rings is 1. The maximum absolute atomic E-state index is 12.2. The van der Waals surface area contributed by atoms with E-state index in [1.807, 2.05) is 0 Å². The first kappa shape index (κ1) is 18.2. The van der Waals surface area contributed by atoms with E-state index in [1.54, 1.807) is 55.8 Å². The van der Waals surface area contributed by atoms with Crippen molar-refractivity contribution in [3.05, 3.63) is 54.3 Å². The van der Waals surface area contributed by atoms with Crippen molar-refractivity contribution in [1.29, 1.82) is 0 Å². The second-order valence-corrected chi connectivity index (χ2v) is 5.41. The van der Waals surface area contributed by atoms with Crippen molar-refractivity contribution in [2.24, 2.45) is 0 Å². The largest absolute Gasteiger partial charge is 0.493 e. The maximum atomic E-state index is 12.2. The van der Waals surface area contributed by atoms with E-state index in [9.17, 15) is 4.79 Å². The number of carbonyl (C=O) groups excluding carboxylic acids is 1. The van der Waals surface area contributed by atoms with Gasteiger partial charge in [0.05, 0.1) is 27.0 Å². The molecule has 0 unspecified atom stereocenters. The third-order valence-corrected chi connectivity index (χ3v) is 3.70. The van der Waals surface area contributed by atoms with Crippen LogP contribution in [0.3, 0.4) is 0 Å². The predicted molar refractivity (Wildman–Crippen MR) is 97.1 cm³/mol. The number of nitrogens with zero attached hydrogens (tertiary/aromatic N) is 2. The summed E-state index contributed by atoms with van der Waals surface area (Å²) in [5.41, 5.74) is 1.09. The molecule has 2 heterocycles.